The first kappa shape index (κ1) is 12.5. The number of fused-ring (bicyclic) bond motifs is 2. The first-order valence-electron chi connectivity index (χ1n) is 7.15. The predicted octanol–water partition coefficient (Wildman–Crippen LogP) is 2.79. The van der Waals surface area contributed by atoms with Crippen LogP contribution >= 0.6 is 0 Å². The molecule has 4 rings (SSSR count). The van der Waals surface area contributed by atoms with Crippen molar-refractivity contribution in [1.29, 1.82) is 0 Å². The van der Waals surface area contributed by atoms with Crippen molar-refractivity contribution in [2.24, 2.45) is 5.73 Å². The van der Waals surface area contributed by atoms with Crippen LogP contribution in [-0.4, -0.2) is 12.9 Å². The van der Waals surface area contributed by atoms with Gasteiger partial charge < -0.3 is 19.9 Å². The van der Waals surface area contributed by atoms with Gasteiger partial charge in [0.2, 0.25) is 6.79 Å². The summed E-state index contributed by atoms with van der Waals surface area (Å²) in [7, 11) is 0. The molecule has 4 nitrogen and oxygen atoms in total. The van der Waals surface area contributed by atoms with E-state index in [1.807, 2.05) is 30.3 Å². The highest BCUT2D eigenvalue weighted by molar-refractivity contribution is 5.48. The molecular formula is C17H17NO3. The van der Waals surface area contributed by atoms with Crippen LogP contribution in [0.15, 0.2) is 36.4 Å². The van der Waals surface area contributed by atoms with Gasteiger partial charge in [-0.2, -0.15) is 0 Å². The summed E-state index contributed by atoms with van der Waals surface area (Å²) < 4.78 is 16.5. The normalized spacial score (nSPS) is 20.0. The highest BCUT2D eigenvalue weighted by Gasteiger charge is 2.21. The molecule has 0 aromatic heterocycles. The van der Waals surface area contributed by atoms with E-state index in [9.17, 15) is 0 Å². The van der Waals surface area contributed by atoms with Gasteiger partial charge in [-0.3, -0.25) is 0 Å². The van der Waals surface area contributed by atoms with Crippen LogP contribution < -0.4 is 19.9 Å². The molecule has 2 N–H and O–H groups in total. The fraction of sp³-hybridized carbons (Fsp3) is 0.294. The Labute approximate surface area is 123 Å². The molecule has 21 heavy (non-hydrogen) atoms. The van der Waals surface area contributed by atoms with E-state index in [1.165, 1.54) is 5.56 Å². The van der Waals surface area contributed by atoms with Gasteiger partial charge in [0.05, 0.1) is 6.04 Å². The molecule has 0 bridgehead atoms. The Morgan fingerprint density at radius 1 is 1.00 bits per heavy atom. The molecule has 0 aliphatic carbocycles. The average molecular weight is 283 g/mol. The van der Waals surface area contributed by atoms with Crippen molar-refractivity contribution in [1.82, 2.24) is 0 Å². The lowest BCUT2D eigenvalue weighted by Crippen LogP contribution is -2.12. The van der Waals surface area contributed by atoms with Gasteiger partial charge in [-0.25, -0.2) is 0 Å². The van der Waals surface area contributed by atoms with Crippen LogP contribution in [-0.2, 0) is 6.42 Å². The van der Waals surface area contributed by atoms with Gasteiger partial charge in [-0.15, -0.1) is 0 Å². The molecule has 0 saturated carbocycles. The maximum absolute atomic E-state index is 6.40. The maximum atomic E-state index is 6.40. The first-order valence-corrected chi connectivity index (χ1v) is 7.15. The van der Waals surface area contributed by atoms with Gasteiger partial charge in [0.25, 0.3) is 0 Å². The van der Waals surface area contributed by atoms with Crippen molar-refractivity contribution in [2.75, 3.05) is 6.79 Å². The zero-order valence-electron chi connectivity index (χ0n) is 11.8. The fourth-order valence-corrected chi connectivity index (χ4v) is 2.93. The molecule has 0 amide bonds. The fourth-order valence-electron chi connectivity index (χ4n) is 2.93. The second kappa shape index (κ2) is 4.67. The molecule has 4 heteroatoms. The molecule has 0 saturated heterocycles. The smallest absolute Gasteiger partial charge is 0.231 e. The molecule has 2 aromatic carbocycles. The first-order chi connectivity index (χ1) is 10.2. The lowest BCUT2D eigenvalue weighted by atomic mass is 9.96. The topological polar surface area (TPSA) is 53.7 Å². The van der Waals surface area contributed by atoms with Crippen LogP contribution in [0.4, 0.5) is 0 Å². The van der Waals surface area contributed by atoms with Gasteiger partial charge in [0, 0.05) is 6.42 Å². The van der Waals surface area contributed by atoms with E-state index in [0.29, 0.717) is 0 Å². The van der Waals surface area contributed by atoms with Crippen LogP contribution in [0.2, 0.25) is 0 Å². The highest BCUT2D eigenvalue weighted by Crippen LogP contribution is 2.36. The molecule has 108 valence electrons. The summed E-state index contributed by atoms with van der Waals surface area (Å²) in [5, 5.41) is 0. The van der Waals surface area contributed by atoms with Crippen molar-refractivity contribution >= 4 is 0 Å². The minimum atomic E-state index is -0.180. The second-order valence-corrected chi connectivity index (χ2v) is 5.59. The van der Waals surface area contributed by atoms with Crippen LogP contribution in [0, 0.1) is 0 Å². The summed E-state index contributed by atoms with van der Waals surface area (Å²) in [6.45, 7) is 2.36. The molecular weight excluding hydrogens is 266 g/mol. The summed E-state index contributed by atoms with van der Waals surface area (Å²) in [6.07, 6.45) is 1.19. The third-order valence-corrected chi connectivity index (χ3v) is 4.03. The molecule has 2 atom stereocenters. The van der Waals surface area contributed by atoms with E-state index in [0.717, 1.165) is 34.8 Å². The number of benzene rings is 2. The summed E-state index contributed by atoms with van der Waals surface area (Å²) in [5.41, 5.74) is 9.74. The van der Waals surface area contributed by atoms with Crippen molar-refractivity contribution in [2.45, 2.75) is 25.5 Å². The van der Waals surface area contributed by atoms with E-state index in [4.69, 9.17) is 19.9 Å². The standard InChI is InChI=1S/C17H17NO3/c1-10-6-13-7-11(2-4-14(13)21-10)17(18)12-3-5-15-16(8-12)20-9-19-15/h2-5,7-8,10,17H,6,9,18H2,1H3. The lowest BCUT2D eigenvalue weighted by Gasteiger charge is -2.14. The highest BCUT2D eigenvalue weighted by atomic mass is 16.7. The number of hydrogen-bond donors (Lipinski definition) is 1. The zero-order chi connectivity index (χ0) is 14.4. The SMILES string of the molecule is CC1Cc2cc(C(N)c3ccc4c(c3)OCO4)ccc2O1. The Morgan fingerprint density at radius 2 is 1.71 bits per heavy atom. The number of ether oxygens (including phenoxy) is 3. The van der Waals surface area contributed by atoms with Crippen LogP contribution in [0.25, 0.3) is 0 Å². The lowest BCUT2D eigenvalue weighted by molar-refractivity contribution is 0.174. The van der Waals surface area contributed by atoms with E-state index in [1.54, 1.807) is 0 Å². The largest absolute Gasteiger partial charge is 0.490 e. The van der Waals surface area contributed by atoms with Crippen molar-refractivity contribution in [3.63, 3.8) is 0 Å². The molecule has 2 heterocycles. The number of nitrogens with two attached hydrogens (primary N) is 1. The Kier molecular flexibility index (Phi) is 2.79. The van der Waals surface area contributed by atoms with Crippen molar-refractivity contribution in [3.05, 3.63) is 53.1 Å². The average Bonchev–Trinajstić information content (AvgIpc) is 3.09. The summed E-state index contributed by atoms with van der Waals surface area (Å²) >= 11 is 0. The van der Waals surface area contributed by atoms with Crippen LogP contribution in [0.1, 0.15) is 29.7 Å². The van der Waals surface area contributed by atoms with E-state index < -0.39 is 0 Å². The Bertz CT molecular complexity index is 698. The van der Waals surface area contributed by atoms with Gasteiger partial charge in [-0.05, 0) is 41.8 Å². The minimum absolute atomic E-state index is 0.180. The molecule has 2 aliphatic heterocycles. The quantitative estimate of drug-likeness (QED) is 0.920. The summed E-state index contributed by atoms with van der Waals surface area (Å²) in [4.78, 5) is 0. The molecule has 2 aromatic rings. The third-order valence-electron chi connectivity index (χ3n) is 4.03. The van der Waals surface area contributed by atoms with Crippen molar-refractivity contribution < 1.29 is 14.2 Å². The Balaban J connectivity index is 1.66. The monoisotopic (exact) mass is 283 g/mol. The minimum Gasteiger partial charge on any atom is -0.490 e. The molecule has 0 fully saturated rings. The number of rotatable bonds is 2. The third kappa shape index (κ3) is 2.12. The van der Waals surface area contributed by atoms with Gasteiger partial charge in [0.1, 0.15) is 11.9 Å². The van der Waals surface area contributed by atoms with Gasteiger partial charge in [-0.1, -0.05) is 18.2 Å². The molecule has 2 unspecified atom stereocenters. The van der Waals surface area contributed by atoms with Crippen LogP contribution in [0.3, 0.4) is 0 Å². The maximum Gasteiger partial charge on any atom is 0.231 e. The van der Waals surface area contributed by atoms with Gasteiger partial charge in [0.15, 0.2) is 11.5 Å². The number of hydrogen-bond acceptors (Lipinski definition) is 4. The summed E-state index contributed by atoms with van der Waals surface area (Å²) in [5.74, 6) is 2.52. The van der Waals surface area contributed by atoms with Crippen molar-refractivity contribution in [3.8, 4) is 17.2 Å². The van der Waals surface area contributed by atoms with Crippen LogP contribution in [0.5, 0.6) is 17.2 Å². The predicted molar refractivity (Wildman–Crippen MR) is 78.8 cm³/mol. The summed E-state index contributed by atoms with van der Waals surface area (Å²) in [6, 6.07) is 11.9. The molecule has 0 radical (unpaired) electrons. The molecule has 0 spiro atoms. The zero-order valence-corrected chi connectivity index (χ0v) is 11.8. The van der Waals surface area contributed by atoms with Gasteiger partial charge >= 0.3 is 0 Å². The Hall–Kier alpha value is -2.20. The molecule has 2 aliphatic rings. The van der Waals surface area contributed by atoms with E-state index in [-0.39, 0.29) is 18.9 Å². The van der Waals surface area contributed by atoms with E-state index in [2.05, 4.69) is 13.0 Å². The Morgan fingerprint density at radius 3 is 2.57 bits per heavy atom. The second-order valence-electron chi connectivity index (χ2n) is 5.59. The van der Waals surface area contributed by atoms with E-state index >= 15 is 0 Å².